The van der Waals surface area contributed by atoms with Crippen LogP contribution in [0.2, 0.25) is 5.15 Å². The van der Waals surface area contributed by atoms with Crippen LogP contribution in [0.3, 0.4) is 0 Å². The number of carbonyl (C=O) groups is 1. The molecule has 0 aliphatic heterocycles. The minimum Gasteiger partial charge on any atom is -0.480 e. The Hall–Kier alpha value is -1.56. The molecule has 1 unspecified atom stereocenters. The van der Waals surface area contributed by atoms with Crippen molar-refractivity contribution in [2.45, 2.75) is 26.4 Å². The molecule has 7 heteroatoms. The lowest BCUT2D eigenvalue weighted by Crippen LogP contribution is -2.35. The number of hydrogen-bond acceptors (Lipinski definition) is 3. The van der Waals surface area contributed by atoms with E-state index in [1.54, 1.807) is 23.6 Å². The number of benzene rings is 1. The van der Waals surface area contributed by atoms with Gasteiger partial charge in [-0.2, -0.15) is 5.10 Å². The second-order valence-corrected chi connectivity index (χ2v) is 5.39. The highest BCUT2D eigenvalue weighted by atomic mass is 35.5. The standard InChI is InChI=1S/C15H18ClN3O2.ClH/c1-10-13(9-18(3)11(2)15(20)21)14(16)19(17-10)12-7-5-4-6-8-12;/h4-8,11H,9H2,1-3H3,(H,20,21);1H. The number of likely N-dealkylation sites (N-methyl/N-ethyl adjacent to an activating group) is 1. The molecule has 1 aromatic carbocycles. The van der Waals surface area contributed by atoms with Crippen LogP contribution in [-0.2, 0) is 11.3 Å². The van der Waals surface area contributed by atoms with Crippen molar-refractivity contribution in [2.24, 2.45) is 0 Å². The zero-order valence-corrected chi connectivity index (χ0v) is 14.2. The van der Waals surface area contributed by atoms with Gasteiger partial charge < -0.3 is 5.11 Å². The van der Waals surface area contributed by atoms with Crippen LogP contribution in [0, 0.1) is 6.92 Å². The summed E-state index contributed by atoms with van der Waals surface area (Å²) in [4.78, 5) is 12.8. The van der Waals surface area contributed by atoms with Crippen LogP contribution in [-0.4, -0.2) is 38.8 Å². The van der Waals surface area contributed by atoms with Gasteiger partial charge in [0.2, 0.25) is 0 Å². The Morgan fingerprint density at radius 3 is 2.55 bits per heavy atom. The van der Waals surface area contributed by atoms with Crippen molar-refractivity contribution < 1.29 is 9.90 Å². The maximum atomic E-state index is 11.0. The molecule has 120 valence electrons. The molecule has 2 aromatic rings. The molecule has 1 heterocycles. The molecule has 5 nitrogen and oxygen atoms in total. The first kappa shape index (κ1) is 18.5. The monoisotopic (exact) mass is 343 g/mol. The van der Waals surface area contributed by atoms with Crippen molar-refractivity contribution >= 4 is 30.0 Å². The van der Waals surface area contributed by atoms with Crippen LogP contribution in [0.25, 0.3) is 5.69 Å². The van der Waals surface area contributed by atoms with Gasteiger partial charge >= 0.3 is 5.97 Å². The normalized spacial score (nSPS) is 12.0. The fourth-order valence-corrected chi connectivity index (χ4v) is 2.36. The van der Waals surface area contributed by atoms with Gasteiger partial charge in [-0.3, -0.25) is 9.69 Å². The zero-order chi connectivity index (χ0) is 15.6. The molecule has 0 saturated heterocycles. The summed E-state index contributed by atoms with van der Waals surface area (Å²) in [5.41, 5.74) is 2.52. The summed E-state index contributed by atoms with van der Waals surface area (Å²) >= 11 is 6.42. The van der Waals surface area contributed by atoms with Crippen LogP contribution in [0.4, 0.5) is 0 Å². The van der Waals surface area contributed by atoms with Gasteiger partial charge in [-0.1, -0.05) is 29.8 Å². The number of rotatable bonds is 5. The second-order valence-electron chi connectivity index (χ2n) is 5.03. The van der Waals surface area contributed by atoms with Crippen molar-refractivity contribution in [2.75, 3.05) is 7.05 Å². The number of hydrogen-bond donors (Lipinski definition) is 1. The molecule has 0 aliphatic carbocycles. The Balaban J connectivity index is 0.00000242. The van der Waals surface area contributed by atoms with Gasteiger partial charge in [0.15, 0.2) is 0 Å². The topological polar surface area (TPSA) is 58.4 Å². The average Bonchev–Trinajstić information content (AvgIpc) is 2.75. The van der Waals surface area contributed by atoms with Crippen molar-refractivity contribution in [1.82, 2.24) is 14.7 Å². The SMILES string of the molecule is Cc1nn(-c2ccccc2)c(Cl)c1CN(C)C(C)C(=O)O.Cl. The highest BCUT2D eigenvalue weighted by Crippen LogP contribution is 2.25. The molecular weight excluding hydrogens is 325 g/mol. The number of aromatic nitrogens is 2. The predicted molar refractivity (Wildman–Crippen MR) is 89.1 cm³/mol. The molecule has 2 rings (SSSR count). The number of carboxylic acid groups (broad SMARTS) is 1. The Morgan fingerprint density at radius 1 is 1.41 bits per heavy atom. The molecule has 0 radical (unpaired) electrons. The van der Waals surface area contributed by atoms with Crippen LogP contribution in [0.5, 0.6) is 0 Å². The highest BCUT2D eigenvalue weighted by molar-refractivity contribution is 6.30. The summed E-state index contributed by atoms with van der Waals surface area (Å²) in [6, 6.07) is 9.02. The van der Waals surface area contributed by atoms with Gasteiger partial charge in [-0.05, 0) is 33.0 Å². The van der Waals surface area contributed by atoms with Crippen LogP contribution in [0.15, 0.2) is 30.3 Å². The predicted octanol–water partition coefficient (Wildman–Crippen LogP) is 3.16. The fourth-order valence-electron chi connectivity index (χ4n) is 2.03. The smallest absolute Gasteiger partial charge is 0.320 e. The van der Waals surface area contributed by atoms with Gasteiger partial charge in [0.25, 0.3) is 0 Å². The Labute approximate surface area is 140 Å². The van der Waals surface area contributed by atoms with E-state index in [0.717, 1.165) is 16.9 Å². The quantitative estimate of drug-likeness (QED) is 0.905. The van der Waals surface area contributed by atoms with Crippen molar-refractivity contribution in [3.05, 3.63) is 46.7 Å². The Bertz CT molecular complexity index is 644. The van der Waals surface area contributed by atoms with Crippen LogP contribution < -0.4 is 0 Å². The number of carboxylic acids is 1. The van der Waals surface area contributed by atoms with E-state index >= 15 is 0 Å². The third-order valence-corrected chi connectivity index (χ3v) is 3.94. The lowest BCUT2D eigenvalue weighted by molar-refractivity contribution is -0.142. The van der Waals surface area contributed by atoms with Crippen LogP contribution >= 0.6 is 24.0 Å². The van der Waals surface area contributed by atoms with Gasteiger partial charge in [0.05, 0.1) is 11.4 Å². The Kier molecular flexibility index (Phi) is 6.41. The minimum atomic E-state index is -0.860. The summed E-state index contributed by atoms with van der Waals surface area (Å²) in [7, 11) is 1.76. The van der Waals surface area contributed by atoms with E-state index in [-0.39, 0.29) is 12.4 Å². The van der Waals surface area contributed by atoms with Gasteiger partial charge in [0.1, 0.15) is 11.2 Å². The largest absolute Gasteiger partial charge is 0.480 e. The first-order chi connectivity index (χ1) is 9.91. The lowest BCUT2D eigenvalue weighted by Gasteiger charge is -2.20. The summed E-state index contributed by atoms with van der Waals surface area (Å²) in [6.07, 6.45) is 0. The molecule has 1 atom stereocenters. The van der Waals surface area contributed by atoms with E-state index in [1.807, 2.05) is 37.3 Å². The van der Waals surface area contributed by atoms with E-state index < -0.39 is 12.0 Å². The van der Waals surface area contributed by atoms with E-state index in [2.05, 4.69) is 5.10 Å². The van der Waals surface area contributed by atoms with Crippen LogP contribution in [0.1, 0.15) is 18.2 Å². The average molecular weight is 344 g/mol. The number of aryl methyl sites for hydroxylation is 1. The number of halogens is 2. The summed E-state index contributed by atoms with van der Waals surface area (Å²) in [6.45, 7) is 3.96. The molecule has 0 spiro atoms. The number of nitrogens with zero attached hydrogens (tertiary/aromatic N) is 3. The summed E-state index contributed by atoms with van der Waals surface area (Å²) < 4.78 is 1.67. The molecule has 0 aliphatic rings. The molecule has 0 bridgehead atoms. The molecule has 1 N–H and O–H groups in total. The molecular formula is C15H19Cl2N3O2. The maximum absolute atomic E-state index is 11.0. The third-order valence-electron chi connectivity index (χ3n) is 3.55. The maximum Gasteiger partial charge on any atom is 0.320 e. The van der Waals surface area contributed by atoms with Crippen molar-refractivity contribution in [3.63, 3.8) is 0 Å². The van der Waals surface area contributed by atoms with E-state index in [1.165, 1.54) is 0 Å². The second kappa shape index (κ2) is 7.63. The van der Waals surface area contributed by atoms with Crippen molar-refractivity contribution in [1.29, 1.82) is 0 Å². The zero-order valence-electron chi connectivity index (χ0n) is 12.7. The molecule has 0 saturated carbocycles. The van der Waals surface area contributed by atoms with Crippen molar-refractivity contribution in [3.8, 4) is 5.69 Å². The third kappa shape index (κ3) is 3.80. The fraction of sp³-hybridized carbons (Fsp3) is 0.333. The number of para-hydroxylation sites is 1. The molecule has 0 fully saturated rings. The van der Waals surface area contributed by atoms with Gasteiger partial charge in [-0.15, -0.1) is 12.4 Å². The first-order valence-corrected chi connectivity index (χ1v) is 7.02. The van der Waals surface area contributed by atoms with Gasteiger partial charge in [-0.25, -0.2) is 4.68 Å². The Morgan fingerprint density at radius 2 is 2.00 bits per heavy atom. The molecule has 22 heavy (non-hydrogen) atoms. The molecule has 0 amide bonds. The lowest BCUT2D eigenvalue weighted by atomic mass is 10.2. The summed E-state index contributed by atoms with van der Waals surface area (Å²) in [5.74, 6) is -0.860. The first-order valence-electron chi connectivity index (χ1n) is 6.64. The highest BCUT2D eigenvalue weighted by Gasteiger charge is 2.21. The van der Waals surface area contributed by atoms with E-state index in [0.29, 0.717) is 11.7 Å². The van der Waals surface area contributed by atoms with Gasteiger partial charge in [0, 0.05) is 12.1 Å². The number of aliphatic carboxylic acids is 1. The minimum absolute atomic E-state index is 0. The molecule has 1 aromatic heterocycles. The van der Waals surface area contributed by atoms with E-state index in [4.69, 9.17) is 16.7 Å². The van der Waals surface area contributed by atoms with E-state index in [9.17, 15) is 4.79 Å². The summed E-state index contributed by atoms with van der Waals surface area (Å²) in [5, 5.41) is 14.0.